The molecule has 0 N–H and O–H groups in total. The molecule has 0 saturated carbocycles. The van der Waals surface area contributed by atoms with E-state index in [1.54, 1.807) is 41.1 Å². The molecule has 0 aliphatic heterocycles. The Bertz CT molecular complexity index is 902. The lowest BCUT2D eigenvalue weighted by atomic mass is 10.00. The van der Waals surface area contributed by atoms with Crippen molar-refractivity contribution in [2.45, 2.75) is 26.5 Å². The summed E-state index contributed by atoms with van der Waals surface area (Å²) in [6, 6.07) is 19.8. The lowest BCUT2D eigenvalue weighted by Crippen LogP contribution is -2.23. The first-order chi connectivity index (χ1) is 12.5. The van der Waals surface area contributed by atoms with Crippen LogP contribution in [0, 0.1) is 13.8 Å². The van der Waals surface area contributed by atoms with E-state index in [0.717, 1.165) is 11.4 Å². The molecule has 0 bridgehead atoms. The van der Waals surface area contributed by atoms with E-state index in [4.69, 9.17) is 4.74 Å². The molecule has 0 amide bonds. The van der Waals surface area contributed by atoms with Gasteiger partial charge in [-0.2, -0.15) is 5.10 Å². The van der Waals surface area contributed by atoms with E-state index in [2.05, 4.69) is 5.10 Å². The molecule has 0 aliphatic carbocycles. The van der Waals surface area contributed by atoms with Crippen LogP contribution < -0.4 is 0 Å². The van der Waals surface area contributed by atoms with Gasteiger partial charge in [0, 0.05) is 16.8 Å². The Kier molecular flexibility index (Phi) is 5.27. The molecular weight excluding hydrogens is 328 g/mol. The average molecular weight is 348 g/mol. The molecule has 3 aromatic rings. The number of esters is 1. The summed E-state index contributed by atoms with van der Waals surface area (Å²) in [5.74, 6) is -0.757. The molecule has 1 heterocycles. The van der Waals surface area contributed by atoms with Gasteiger partial charge < -0.3 is 4.74 Å². The van der Waals surface area contributed by atoms with Crippen LogP contribution in [0.2, 0.25) is 0 Å². The number of ether oxygens (including phenoxy) is 1. The number of rotatable bonds is 6. The van der Waals surface area contributed by atoms with Crippen LogP contribution in [0.1, 0.15) is 33.4 Å². The van der Waals surface area contributed by atoms with Gasteiger partial charge in [0.25, 0.3) is 0 Å². The quantitative estimate of drug-likeness (QED) is 0.504. The molecule has 3 rings (SSSR count). The first-order valence-corrected chi connectivity index (χ1v) is 8.39. The smallest absolute Gasteiger partial charge is 0.328 e. The number of hydrogen-bond acceptors (Lipinski definition) is 4. The lowest BCUT2D eigenvalue weighted by Gasteiger charge is -2.17. The van der Waals surface area contributed by atoms with E-state index in [1.165, 1.54) is 0 Å². The van der Waals surface area contributed by atoms with E-state index >= 15 is 0 Å². The Morgan fingerprint density at radius 3 is 2.19 bits per heavy atom. The van der Waals surface area contributed by atoms with Gasteiger partial charge in [-0.25, -0.2) is 0 Å². The van der Waals surface area contributed by atoms with Gasteiger partial charge in [0.15, 0.2) is 6.10 Å². The largest absolute Gasteiger partial charge is 0.448 e. The lowest BCUT2D eigenvalue weighted by molar-refractivity contribution is -0.148. The molecule has 2 aromatic carbocycles. The predicted molar refractivity (Wildman–Crippen MR) is 97.7 cm³/mol. The maximum atomic E-state index is 12.9. The number of nitrogens with zero attached hydrogens (tertiary/aromatic N) is 2. The Balaban J connectivity index is 1.83. The van der Waals surface area contributed by atoms with Crippen LogP contribution in [0.15, 0.2) is 66.7 Å². The van der Waals surface area contributed by atoms with E-state index in [1.807, 2.05) is 44.2 Å². The third-order valence-electron chi connectivity index (χ3n) is 4.03. The molecule has 0 aliphatic rings. The highest BCUT2D eigenvalue weighted by molar-refractivity contribution is 6.00. The second kappa shape index (κ2) is 7.78. The molecule has 5 heteroatoms. The van der Waals surface area contributed by atoms with Crippen LogP contribution in [-0.4, -0.2) is 21.5 Å². The Labute approximate surface area is 152 Å². The summed E-state index contributed by atoms with van der Waals surface area (Å²) >= 11 is 0. The standard InChI is InChI=1S/C21H20N2O3/c1-15-13-16(2)23(22-15)14-19(24)26-21(18-11-7-4-8-12-18)20(25)17-9-5-3-6-10-17/h3-13,21H,14H2,1-2H3. The van der Waals surface area contributed by atoms with Gasteiger partial charge in [0.05, 0.1) is 5.69 Å². The van der Waals surface area contributed by atoms with Gasteiger partial charge in [0.2, 0.25) is 5.78 Å². The molecule has 1 unspecified atom stereocenters. The van der Waals surface area contributed by atoms with Gasteiger partial charge in [0.1, 0.15) is 6.54 Å². The molecule has 0 spiro atoms. The SMILES string of the molecule is Cc1cc(C)n(CC(=O)OC(C(=O)c2ccccc2)c2ccccc2)n1. The molecule has 0 radical (unpaired) electrons. The number of carbonyl (C=O) groups excluding carboxylic acids is 2. The van der Waals surface area contributed by atoms with Crippen molar-refractivity contribution in [1.82, 2.24) is 9.78 Å². The van der Waals surface area contributed by atoms with Crippen molar-refractivity contribution >= 4 is 11.8 Å². The maximum Gasteiger partial charge on any atom is 0.328 e. The monoisotopic (exact) mass is 348 g/mol. The zero-order valence-electron chi connectivity index (χ0n) is 14.8. The fourth-order valence-corrected chi connectivity index (χ4v) is 2.78. The second-order valence-corrected chi connectivity index (χ2v) is 6.10. The van der Waals surface area contributed by atoms with Crippen LogP contribution in [0.3, 0.4) is 0 Å². The minimum absolute atomic E-state index is 0.0366. The van der Waals surface area contributed by atoms with Crippen LogP contribution in [0.25, 0.3) is 0 Å². The Morgan fingerprint density at radius 2 is 1.62 bits per heavy atom. The second-order valence-electron chi connectivity index (χ2n) is 6.10. The highest BCUT2D eigenvalue weighted by Crippen LogP contribution is 2.23. The van der Waals surface area contributed by atoms with Gasteiger partial charge >= 0.3 is 5.97 Å². The molecule has 5 nitrogen and oxygen atoms in total. The molecular formula is C21H20N2O3. The number of aromatic nitrogens is 2. The number of aryl methyl sites for hydroxylation is 2. The number of benzene rings is 2. The molecule has 0 saturated heterocycles. The van der Waals surface area contributed by atoms with E-state index in [0.29, 0.717) is 11.1 Å². The van der Waals surface area contributed by atoms with Crippen molar-refractivity contribution in [3.8, 4) is 0 Å². The molecule has 1 atom stereocenters. The minimum Gasteiger partial charge on any atom is -0.448 e. The van der Waals surface area contributed by atoms with Crippen LogP contribution in [0.5, 0.6) is 0 Å². The average Bonchev–Trinajstić information content (AvgIpc) is 2.97. The Morgan fingerprint density at radius 1 is 1.00 bits per heavy atom. The van der Waals surface area contributed by atoms with Crippen molar-refractivity contribution < 1.29 is 14.3 Å². The highest BCUT2D eigenvalue weighted by Gasteiger charge is 2.26. The summed E-state index contributed by atoms with van der Waals surface area (Å²) in [5, 5.41) is 4.26. The maximum absolute atomic E-state index is 12.9. The van der Waals surface area contributed by atoms with Crippen molar-refractivity contribution in [2.24, 2.45) is 0 Å². The van der Waals surface area contributed by atoms with Gasteiger partial charge in [-0.1, -0.05) is 60.7 Å². The predicted octanol–water partition coefficient (Wildman–Crippen LogP) is 3.67. The summed E-state index contributed by atoms with van der Waals surface area (Å²) in [6.07, 6.45) is -0.983. The number of hydrogen-bond donors (Lipinski definition) is 0. The van der Waals surface area contributed by atoms with Crippen molar-refractivity contribution in [2.75, 3.05) is 0 Å². The topological polar surface area (TPSA) is 61.2 Å². The third kappa shape index (κ3) is 4.06. The normalized spacial score (nSPS) is 11.8. The summed E-state index contributed by atoms with van der Waals surface area (Å²) in [4.78, 5) is 25.4. The number of ketones is 1. The summed E-state index contributed by atoms with van der Waals surface area (Å²) < 4.78 is 7.15. The van der Waals surface area contributed by atoms with Crippen LogP contribution >= 0.6 is 0 Å². The zero-order valence-corrected chi connectivity index (χ0v) is 14.8. The summed E-state index contributed by atoms with van der Waals surface area (Å²) in [5.41, 5.74) is 2.84. The van der Waals surface area contributed by atoms with Crippen LogP contribution in [-0.2, 0) is 16.1 Å². The van der Waals surface area contributed by atoms with Crippen LogP contribution in [0.4, 0.5) is 0 Å². The van der Waals surface area contributed by atoms with E-state index in [9.17, 15) is 9.59 Å². The highest BCUT2D eigenvalue weighted by atomic mass is 16.5. The molecule has 26 heavy (non-hydrogen) atoms. The fraction of sp³-hybridized carbons (Fsp3) is 0.190. The zero-order chi connectivity index (χ0) is 18.5. The minimum atomic E-state index is -0.983. The van der Waals surface area contributed by atoms with Gasteiger partial charge in [-0.3, -0.25) is 14.3 Å². The fourth-order valence-electron chi connectivity index (χ4n) is 2.78. The van der Waals surface area contributed by atoms with E-state index in [-0.39, 0.29) is 12.3 Å². The molecule has 0 fully saturated rings. The van der Waals surface area contributed by atoms with Gasteiger partial charge in [-0.05, 0) is 19.9 Å². The molecule has 132 valence electrons. The summed E-state index contributed by atoms with van der Waals surface area (Å²) in [7, 11) is 0. The van der Waals surface area contributed by atoms with Gasteiger partial charge in [-0.15, -0.1) is 0 Å². The van der Waals surface area contributed by atoms with Crippen molar-refractivity contribution in [3.63, 3.8) is 0 Å². The van der Waals surface area contributed by atoms with Crippen molar-refractivity contribution in [3.05, 3.63) is 89.2 Å². The van der Waals surface area contributed by atoms with Crippen molar-refractivity contribution in [1.29, 1.82) is 0 Å². The molecule has 1 aromatic heterocycles. The first-order valence-electron chi connectivity index (χ1n) is 8.39. The summed E-state index contributed by atoms with van der Waals surface area (Å²) in [6.45, 7) is 3.70. The Hall–Kier alpha value is -3.21. The number of carbonyl (C=O) groups is 2. The first kappa shape index (κ1) is 17.6. The van der Waals surface area contributed by atoms with E-state index < -0.39 is 12.1 Å². The third-order valence-corrected chi connectivity index (χ3v) is 4.03. The number of Topliss-reactive ketones (excluding diaryl/α,β-unsaturated/α-hetero) is 1.